The number of aromatic nitrogens is 1. The number of hydrogen-bond donors (Lipinski definition) is 2. The average molecular weight is 413 g/mol. The molecule has 28 heavy (non-hydrogen) atoms. The van der Waals surface area contributed by atoms with Crippen LogP contribution < -0.4 is 16.0 Å². The minimum atomic E-state index is -0.269. The summed E-state index contributed by atoms with van der Waals surface area (Å²) in [6.07, 6.45) is 1.71. The van der Waals surface area contributed by atoms with Crippen LogP contribution in [0.5, 0.6) is 0 Å². The standard InChI is InChI=1S/C20H20N4O2S2/c21-18(25)13-5-3-9-24(11-13)16-7-2-1-6-14(16)22-19(26)15-12-28-20(23-15)17-8-4-10-27-17/h1-2,4,6-8,10,12-13H,3,5,9,11H2,(H2,21,25)(H,22,26). The number of anilines is 2. The maximum Gasteiger partial charge on any atom is 0.275 e. The first-order valence-corrected chi connectivity index (χ1v) is 10.8. The van der Waals surface area contributed by atoms with E-state index in [0.29, 0.717) is 17.9 Å². The van der Waals surface area contributed by atoms with Crippen LogP contribution in [0.4, 0.5) is 11.4 Å². The zero-order valence-electron chi connectivity index (χ0n) is 15.1. The van der Waals surface area contributed by atoms with E-state index in [9.17, 15) is 9.59 Å². The Morgan fingerprint density at radius 1 is 1.18 bits per heavy atom. The molecule has 6 nitrogen and oxygen atoms in total. The molecule has 1 fully saturated rings. The van der Waals surface area contributed by atoms with Gasteiger partial charge in [-0.3, -0.25) is 9.59 Å². The van der Waals surface area contributed by atoms with E-state index in [0.717, 1.165) is 35.0 Å². The highest BCUT2D eigenvalue weighted by atomic mass is 32.1. The van der Waals surface area contributed by atoms with Gasteiger partial charge in [0.25, 0.3) is 5.91 Å². The van der Waals surface area contributed by atoms with Crippen molar-refractivity contribution in [2.75, 3.05) is 23.3 Å². The fourth-order valence-corrected chi connectivity index (χ4v) is 4.98. The van der Waals surface area contributed by atoms with E-state index >= 15 is 0 Å². The molecule has 8 heteroatoms. The van der Waals surface area contributed by atoms with Gasteiger partial charge in [-0.15, -0.1) is 22.7 Å². The van der Waals surface area contributed by atoms with Crippen molar-refractivity contribution in [1.82, 2.24) is 4.98 Å². The Kier molecular flexibility index (Phi) is 5.40. The first-order chi connectivity index (χ1) is 13.6. The normalized spacial score (nSPS) is 16.7. The van der Waals surface area contributed by atoms with E-state index in [1.165, 1.54) is 11.3 Å². The summed E-state index contributed by atoms with van der Waals surface area (Å²) in [5, 5.41) is 7.58. The van der Waals surface area contributed by atoms with Gasteiger partial charge < -0.3 is 16.0 Å². The first kappa shape index (κ1) is 18.6. The predicted molar refractivity (Wildman–Crippen MR) is 114 cm³/mol. The Morgan fingerprint density at radius 3 is 2.82 bits per heavy atom. The summed E-state index contributed by atoms with van der Waals surface area (Å²) in [5.41, 5.74) is 7.51. The lowest BCUT2D eigenvalue weighted by Crippen LogP contribution is -2.41. The highest BCUT2D eigenvalue weighted by Gasteiger charge is 2.25. The molecule has 0 saturated carbocycles. The summed E-state index contributed by atoms with van der Waals surface area (Å²) in [4.78, 5) is 32.0. The van der Waals surface area contributed by atoms with Crippen LogP contribution in [0, 0.1) is 5.92 Å². The quantitative estimate of drug-likeness (QED) is 0.667. The van der Waals surface area contributed by atoms with Crippen LogP contribution in [0.3, 0.4) is 0 Å². The molecular weight excluding hydrogens is 392 g/mol. The number of piperidine rings is 1. The van der Waals surface area contributed by atoms with Gasteiger partial charge in [0.15, 0.2) is 0 Å². The number of primary amides is 1. The second-order valence-corrected chi connectivity index (χ2v) is 8.48. The smallest absolute Gasteiger partial charge is 0.275 e. The molecule has 0 bridgehead atoms. The van der Waals surface area contributed by atoms with E-state index in [1.807, 2.05) is 41.8 Å². The van der Waals surface area contributed by atoms with Crippen LogP contribution in [0.15, 0.2) is 47.2 Å². The highest BCUT2D eigenvalue weighted by Crippen LogP contribution is 2.31. The van der Waals surface area contributed by atoms with Crippen molar-refractivity contribution < 1.29 is 9.59 Å². The molecule has 0 aliphatic carbocycles. The van der Waals surface area contributed by atoms with Crippen LogP contribution in [-0.4, -0.2) is 29.9 Å². The second-order valence-electron chi connectivity index (χ2n) is 6.67. The van der Waals surface area contributed by atoms with Gasteiger partial charge >= 0.3 is 0 Å². The van der Waals surface area contributed by atoms with Gasteiger partial charge in [-0.2, -0.15) is 0 Å². The number of amides is 2. The van der Waals surface area contributed by atoms with Crippen LogP contribution >= 0.6 is 22.7 Å². The molecule has 4 rings (SSSR count). The molecule has 2 amide bonds. The molecule has 1 unspecified atom stereocenters. The van der Waals surface area contributed by atoms with Crippen LogP contribution in [-0.2, 0) is 4.79 Å². The molecule has 2 aromatic heterocycles. The van der Waals surface area contributed by atoms with Crippen molar-refractivity contribution in [3.05, 3.63) is 52.9 Å². The van der Waals surface area contributed by atoms with Crippen molar-refractivity contribution in [2.45, 2.75) is 12.8 Å². The number of thiazole rings is 1. The van der Waals surface area contributed by atoms with E-state index in [2.05, 4.69) is 15.2 Å². The number of nitrogens with one attached hydrogen (secondary N) is 1. The summed E-state index contributed by atoms with van der Waals surface area (Å²) < 4.78 is 0. The molecule has 1 aromatic carbocycles. The van der Waals surface area contributed by atoms with Crippen LogP contribution in [0.1, 0.15) is 23.3 Å². The molecule has 1 aliphatic rings. The minimum Gasteiger partial charge on any atom is -0.369 e. The predicted octanol–water partition coefficient (Wildman–Crippen LogP) is 3.83. The fraction of sp³-hybridized carbons (Fsp3) is 0.250. The lowest BCUT2D eigenvalue weighted by Gasteiger charge is -2.34. The molecule has 1 saturated heterocycles. The fourth-order valence-electron chi connectivity index (χ4n) is 3.36. The number of nitrogens with two attached hydrogens (primary N) is 1. The molecular formula is C20H20N4O2S2. The summed E-state index contributed by atoms with van der Waals surface area (Å²) in [6.45, 7) is 1.40. The van der Waals surface area contributed by atoms with E-state index < -0.39 is 0 Å². The highest BCUT2D eigenvalue weighted by molar-refractivity contribution is 7.20. The monoisotopic (exact) mass is 412 g/mol. The molecule has 0 spiro atoms. The third-order valence-corrected chi connectivity index (χ3v) is 6.67. The lowest BCUT2D eigenvalue weighted by atomic mass is 9.97. The van der Waals surface area contributed by atoms with Gasteiger partial charge in [-0.25, -0.2) is 4.98 Å². The van der Waals surface area contributed by atoms with Crippen molar-refractivity contribution in [1.29, 1.82) is 0 Å². The molecule has 3 N–H and O–H groups in total. The van der Waals surface area contributed by atoms with E-state index in [4.69, 9.17) is 5.73 Å². The van der Waals surface area contributed by atoms with Crippen molar-refractivity contribution in [3.8, 4) is 9.88 Å². The summed E-state index contributed by atoms with van der Waals surface area (Å²) in [7, 11) is 0. The summed E-state index contributed by atoms with van der Waals surface area (Å²) >= 11 is 3.06. The summed E-state index contributed by atoms with van der Waals surface area (Å²) in [6, 6.07) is 11.6. The molecule has 1 aliphatic heterocycles. The molecule has 0 radical (unpaired) electrons. The third kappa shape index (κ3) is 3.93. The zero-order chi connectivity index (χ0) is 19.5. The molecule has 3 heterocycles. The number of hydrogen-bond acceptors (Lipinski definition) is 6. The van der Waals surface area contributed by atoms with Gasteiger partial charge in [0, 0.05) is 18.5 Å². The third-order valence-electron chi connectivity index (χ3n) is 4.79. The van der Waals surface area contributed by atoms with Crippen molar-refractivity contribution >= 4 is 45.9 Å². The number of para-hydroxylation sites is 2. The molecule has 3 aromatic rings. The average Bonchev–Trinajstić information content (AvgIpc) is 3.40. The summed E-state index contributed by atoms with van der Waals surface area (Å²) in [5.74, 6) is -0.672. The Hall–Kier alpha value is -2.71. The number of carbonyl (C=O) groups excluding carboxylic acids is 2. The lowest BCUT2D eigenvalue weighted by molar-refractivity contribution is -0.122. The number of benzene rings is 1. The molecule has 144 valence electrons. The van der Waals surface area contributed by atoms with Gasteiger partial charge in [-0.05, 0) is 36.4 Å². The SMILES string of the molecule is NC(=O)C1CCCN(c2ccccc2NC(=O)c2csc(-c3cccs3)n2)C1. The van der Waals surface area contributed by atoms with Gasteiger partial charge in [-0.1, -0.05) is 18.2 Å². The number of carbonyl (C=O) groups is 2. The maximum atomic E-state index is 12.7. The Bertz CT molecular complexity index is 984. The second kappa shape index (κ2) is 8.12. The van der Waals surface area contributed by atoms with Gasteiger partial charge in [0.05, 0.1) is 22.2 Å². The largest absolute Gasteiger partial charge is 0.369 e. The Morgan fingerprint density at radius 2 is 2.04 bits per heavy atom. The first-order valence-electron chi connectivity index (χ1n) is 9.06. The topological polar surface area (TPSA) is 88.3 Å². The van der Waals surface area contributed by atoms with E-state index in [1.54, 1.807) is 16.7 Å². The number of rotatable bonds is 5. The van der Waals surface area contributed by atoms with Gasteiger partial charge in [0.1, 0.15) is 10.7 Å². The number of thiophene rings is 1. The Balaban J connectivity index is 1.52. The van der Waals surface area contributed by atoms with E-state index in [-0.39, 0.29) is 17.7 Å². The van der Waals surface area contributed by atoms with Crippen molar-refractivity contribution in [2.24, 2.45) is 11.7 Å². The Labute approximate surface area is 171 Å². The maximum absolute atomic E-state index is 12.7. The zero-order valence-corrected chi connectivity index (χ0v) is 16.8. The van der Waals surface area contributed by atoms with Crippen LogP contribution in [0.2, 0.25) is 0 Å². The minimum absolute atomic E-state index is 0.163. The van der Waals surface area contributed by atoms with Crippen LogP contribution in [0.25, 0.3) is 9.88 Å². The van der Waals surface area contributed by atoms with Gasteiger partial charge in [0.2, 0.25) is 5.91 Å². The van der Waals surface area contributed by atoms with Crippen molar-refractivity contribution in [3.63, 3.8) is 0 Å². The number of nitrogens with zero attached hydrogens (tertiary/aromatic N) is 2. The molecule has 1 atom stereocenters.